The molecule has 0 saturated heterocycles. The monoisotopic (exact) mass is 172 g/mol. The van der Waals surface area contributed by atoms with E-state index in [1.165, 1.54) is 0 Å². The maximum absolute atomic E-state index is 10.4. The zero-order valence-corrected chi connectivity index (χ0v) is 6.32. The van der Waals surface area contributed by atoms with E-state index in [4.69, 9.17) is 0 Å². The van der Waals surface area contributed by atoms with Crippen LogP contribution < -0.4 is 0 Å². The Labute approximate surface area is 69.2 Å². The molecule has 0 aliphatic heterocycles. The fourth-order valence-electron chi connectivity index (χ4n) is 0.297. The number of hydrogen-bond donors (Lipinski definition) is 0. The highest BCUT2D eigenvalue weighted by molar-refractivity contribution is 5.81. The molecule has 0 unspecified atom stereocenters. The van der Waals surface area contributed by atoms with Crippen molar-refractivity contribution in [3.8, 4) is 0 Å². The molecule has 5 heteroatoms. The molecule has 0 radical (unpaired) electrons. The summed E-state index contributed by atoms with van der Waals surface area (Å²) < 4.78 is 12.7. The zero-order chi connectivity index (χ0) is 9.40. The van der Waals surface area contributed by atoms with Crippen LogP contribution in [-0.2, 0) is 19.0 Å². The summed E-state index contributed by atoms with van der Waals surface area (Å²) in [6.45, 7) is 5.74. The van der Waals surface area contributed by atoms with Crippen LogP contribution in [0.4, 0.5) is 4.79 Å². The molecule has 0 aliphatic carbocycles. The Morgan fingerprint density at radius 1 is 1.25 bits per heavy atom. The van der Waals surface area contributed by atoms with Gasteiger partial charge in [-0.2, -0.15) is 0 Å². The minimum absolute atomic E-state index is 0.502. The van der Waals surface area contributed by atoms with Gasteiger partial charge in [0.05, 0.1) is 6.26 Å². The second-order valence-corrected chi connectivity index (χ2v) is 1.46. The molecule has 0 aliphatic rings. The summed E-state index contributed by atoms with van der Waals surface area (Å²) in [5, 5.41) is 0. The molecule has 0 fully saturated rings. The van der Waals surface area contributed by atoms with Crippen molar-refractivity contribution in [2.45, 2.75) is 0 Å². The summed E-state index contributed by atoms with van der Waals surface area (Å²) >= 11 is 0. The molecule has 66 valence electrons. The van der Waals surface area contributed by atoms with Crippen LogP contribution in [-0.4, -0.2) is 18.9 Å². The van der Waals surface area contributed by atoms with Gasteiger partial charge in [0.25, 0.3) is 0 Å². The third-order valence-corrected chi connectivity index (χ3v) is 0.724. The van der Waals surface area contributed by atoms with E-state index < -0.39 is 18.9 Å². The van der Waals surface area contributed by atoms with E-state index >= 15 is 0 Å². The third kappa shape index (κ3) is 5.04. The molecule has 5 nitrogen and oxygen atoms in total. The Kier molecular flexibility index (Phi) is 5.08. The first-order chi connectivity index (χ1) is 5.70. The van der Waals surface area contributed by atoms with E-state index in [2.05, 4.69) is 27.4 Å². The van der Waals surface area contributed by atoms with E-state index in [9.17, 15) is 9.59 Å². The summed E-state index contributed by atoms with van der Waals surface area (Å²) in [5.41, 5.74) is 0. The Morgan fingerprint density at radius 2 is 1.92 bits per heavy atom. The van der Waals surface area contributed by atoms with Gasteiger partial charge in [0.1, 0.15) is 0 Å². The van der Waals surface area contributed by atoms with Gasteiger partial charge in [0.2, 0.25) is 6.79 Å². The van der Waals surface area contributed by atoms with Crippen molar-refractivity contribution in [2.24, 2.45) is 0 Å². The van der Waals surface area contributed by atoms with Crippen molar-refractivity contribution in [1.29, 1.82) is 0 Å². The molecule has 0 aromatic rings. The lowest BCUT2D eigenvalue weighted by atomic mass is 10.7. The maximum atomic E-state index is 10.4. The van der Waals surface area contributed by atoms with Gasteiger partial charge in [-0.3, -0.25) is 0 Å². The Hall–Kier alpha value is -1.78. The van der Waals surface area contributed by atoms with Gasteiger partial charge < -0.3 is 14.2 Å². The largest absolute Gasteiger partial charge is 0.516 e. The fourth-order valence-corrected chi connectivity index (χ4v) is 0.297. The van der Waals surface area contributed by atoms with Gasteiger partial charge in [0.15, 0.2) is 0 Å². The highest BCUT2D eigenvalue weighted by Crippen LogP contribution is 1.87. The highest BCUT2D eigenvalue weighted by Gasteiger charge is 2.01. The predicted octanol–water partition coefficient (Wildman–Crippen LogP) is 0.970. The lowest BCUT2D eigenvalue weighted by Gasteiger charge is -2.01. The molecule has 0 aromatic carbocycles. The van der Waals surface area contributed by atoms with Gasteiger partial charge in [-0.1, -0.05) is 13.2 Å². The molecule has 0 rings (SSSR count). The van der Waals surface area contributed by atoms with E-state index in [1.807, 2.05) is 0 Å². The van der Waals surface area contributed by atoms with Crippen LogP contribution in [0.25, 0.3) is 0 Å². The van der Waals surface area contributed by atoms with Crippen molar-refractivity contribution in [1.82, 2.24) is 0 Å². The van der Waals surface area contributed by atoms with Gasteiger partial charge in [0, 0.05) is 6.08 Å². The predicted molar refractivity (Wildman–Crippen MR) is 38.9 cm³/mol. The number of carbonyl (C=O) groups excluding carboxylic acids is 2. The van der Waals surface area contributed by atoms with Crippen LogP contribution in [0.5, 0.6) is 0 Å². The normalized spacial score (nSPS) is 8.00. The Balaban J connectivity index is 3.42. The second-order valence-electron chi connectivity index (χ2n) is 1.46. The maximum Gasteiger partial charge on any atom is 0.516 e. The van der Waals surface area contributed by atoms with Crippen LogP contribution in [0.15, 0.2) is 25.5 Å². The van der Waals surface area contributed by atoms with Crippen molar-refractivity contribution < 1.29 is 23.8 Å². The van der Waals surface area contributed by atoms with Gasteiger partial charge in [-0.25, -0.2) is 9.59 Å². The first kappa shape index (κ1) is 10.2. The van der Waals surface area contributed by atoms with Crippen LogP contribution in [0.1, 0.15) is 0 Å². The van der Waals surface area contributed by atoms with Gasteiger partial charge >= 0.3 is 12.1 Å². The van der Waals surface area contributed by atoms with Crippen LogP contribution in [0.2, 0.25) is 0 Å². The van der Waals surface area contributed by atoms with E-state index in [0.717, 1.165) is 12.3 Å². The second kappa shape index (κ2) is 5.96. The average molecular weight is 172 g/mol. The minimum Gasteiger partial charge on any atom is -0.425 e. The first-order valence-corrected chi connectivity index (χ1v) is 2.94. The van der Waals surface area contributed by atoms with Gasteiger partial charge in [-0.15, -0.1) is 0 Å². The summed E-state index contributed by atoms with van der Waals surface area (Å²) in [7, 11) is 0. The number of hydrogen-bond acceptors (Lipinski definition) is 5. The molecule has 0 amide bonds. The molecule has 0 atom stereocenters. The number of ether oxygens (including phenoxy) is 3. The van der Waals surface area contributed by atoms with Crippen molar-refractivity contribution in [3.05, 3.63) is 25.5 Å². The molecule has 0 spiro atoms. The summed E-state index contributed by atoms with van der Waals surface area (Å²) in [6.07, 6.45) is 0.863. The quantitative estimate of drug-likeness (QED) is 0.273. The van der Waals surface area contributed by atoms with Crippen molar-refractivity contribution in [2.75, 3.05) is 6.79 Å². The lowest BCUT2D eigenvalue weighted by molar-refractivity contribution is -0.146. The number of carbonyl (C=O) groups is 2. The Morgan fingerprint density at radius 3 is 2.42 bits per heavy atom. The lowest BCUT2D eigenvalue weighted by Crippen LogP contribution is -2.10. The van der Waals surface area contributed by atoms with Crippen molar-refractivity contribution in [3.63, 3.8) is 0 Å². The summed E-state index contributed by atoms with van der Waals surface area (Å²) in [6, 6.07) is 0. The molecule has 0 saturated carbocycles. The minimum atomic E-state index is -0.984. The van der Waals surface area contributed by atoms with E-state index in [1.54, 1.807) is 0 Å². The summed E-state index contributed by atoms with van der Waals surface area (Å²) in [4.78, 5) is 20.7. The Bertz CT molecular complexity index is 196. The standard InChI is InChI=1S/C7H8O5/c1-3-6(8)11-5-12-7(9)10-4-2/h3-4H,1-2,5H2. The summed E-state index contributed by atoms with van der Waals surface area (Å²) in [5.74, 6) is -0.679. The third-order valence-electron chi connectivity index (χ3n) is 0.724. The highest BCUT2D eigenvalue weighted by atomic mass is 16.8. The SMILES string of the molecule is C=COC(=O)OCOC(=O)C=C. The van der Waals surface area contributed by atoms with Crippen LogP contribution >= 0.6 is 0 Å². The molecule has 0 bridgehead atoms. The average Bonchev–Trinajstić information content (AvgIpc) is 2.04. The molecule has 0 heterocycles. The molecule has 0 aromatic heterocycles. The van der Waals surface area contributed by atoms with E-state index in [-0.39, 0.29) is 0 Å². The van der Waals surface area contributed by atoms with Gasteiger partial charge in [-0.05, 0) is 0 Å². The number of esters is 1. The smallest absolute Gasteiger partial charge is 0.425 e. The van der Waals surface area contributed by atoms with Crippen LogP contribution in [0.3, 0.4) is 0 Å². The zero-order valence-electron chi connectivity index (χ0n) is 6.32. The molecular formula is C7H8O5. The van der Waals surface area contributed by atoms with Crippen molar-refractivity contribution >= 4 is 12.1 Å². The fraction of sp³-hybridized carbons (Fsp3) is 0.143. The van der Waals surface area contributed by atoms with E-state index in [0.29, 0.717) is 0 Å². The molecular weight excluding hydrogens is 164 g/mol. The first-order valence-electron chi connectivity index (χ1n) is 2.94. The molecule has 12 heavy (non-hydrogen) atoms. The number of rotatable bonds is 4. The molecule has 0 N–H and O–H groups in total. The van der Waals surface area contributed by atoms with Crippen LogP contribution in [0, 0.1) is 0 Å². The topological polar surface area (TPSA) is 61.8 Å².